The molecule has 0 unspecified atom stereocenters. The van der Waals surface area contributed by atoms with Gasteiger partial charge in [0, 0.05) is 38.3 Å². The average molecular weight is 380 g/mol. The van der Waals surface area contributed by atoms with Gasteiger partial charge in [0.2, 0.25) is 0 Å². The van der Waals surface area contributed by atoms with Gasteiger partial charge in [0.25, 0.3) is 6.43 Å². The smallest absolute Gasteiger partial charge is 0.251 e. The summed E-state index contributed by atoms with van der Waals surface area (Å²) in [5, 5.41) is 6.77. The molecule has 1 saturated carbocycles. The van der Waals surface area contributed by atoms with Crippen LogP contribution in [0.1, 0.15) is 37.7 Å². The highest BCUT2D eigenvalue weighted by Crippen LogP contribution is 2.27. The van der Waals surface area contributed by atoms with E-state index in [9.17, 15) is 8.78 Å². The average Bonchev–Trinajstić information content (AvgIpc) is 2.63. The van der Waals surface area contributed by atoms with Gasteiger partial charge >= 0.3 is 0 Å². The molecule has 0 bridgehead atoms. The zero-order valence-electron chi connectivity index (χ0n) is 16.0. The Labute approximate surface area is 160 Å². The Kier molecular flexibility index (Phi) is 7.26. The predicted octanol–water partition coefficient (Wildman–Crippen LogP) is 3.01. The van der Waals surface area contributed by atoms with Gasteiger partial charge in [-0.2, -0.15) is 0 Å². The minimum absolute atomic E-state index is 0.128. The molecule has 1 aliphatic heterocycles. The number of alkyl halides is 2. The third-order valence-electron chi connectivity index (χ3n) is 5.31. The molecule has 3 rings (SSSR count). The Morgan fingerprint density at radius 3 is 2.59 bits per heavy atom. The quantitative estimate of drug-likeness (QED) is 0.564. The number of halogens is 2. The molecule has 2 fully saturated rings. The summed E-state index contributed by atoms with van der Waals surface area (Å²) < 4.78 is 31.0. The van der Waals surface area contributed by atoms with Crippen molar-refractivity contribution in [3.63, 3.8) is 0 Å². The zero-order valence-corrected chi connectivity index (χ0v) is 16.0. The van der Waals surface area contributed by atoms with Gasteiger partial charge in [-0.25, -0.2) is 8.78 Å². The number of para-hydroxylation sites is 1. The molecule has 2 aliphatic rings. The van der Waals surface area contributed by atoms with Gasteiger partial charge < -0.3 is 15.4 Å². The third kappa shape index (κ3) is 6.06. The van der Waals surface area contributed by atoms with Crippen molar-refractivity contribution < 1.29 is 13.5 Å². The van der Waals surface area contributed by atoms with E-state index < -0.39 is 6.43 Å². The molecule has 1 aliphatic carbocycles. The van der Waals surface area contributed by atoms with Gasteiger partial charge in [-0.3, -0.25) is 9.89 Å². The van der Waals surface area contributed by atoms with Crippen LogP contribution < -0.4 is 15.4 Å². The first kappa shape index (κ1) is 19.9. The number of nitrogens with one attached hydrogen (secondary N) is 2. The Bertz CT molecular complexity index is 614. The molecule has 27 heavy (non-hydrogen) atoms. The highest BCUT2D eigenvalue weighted by Gasteiger charge is 2.22. The molecule has 2 N–H and O–H groups in total. The molecule has 1 aromatic rings. The van der Waals surface area contributed by atoms with Gasteiger partial charge in [-0.15, -0.1) is 0 Å². The van der Waals surface area contributed by atoms with Gasteiger partial charge in [0.05, 0.1) is 12.6 Å². The number of aliphatic imine (C=N–C) groups is 1. The lowest BCUT2D eigenvalue weighted by molar-refractivity contribution is 0.0744. The van der Waals surface area contributed by atoms with Crippen molar-refractivity contribution >= 4 is 5.96 Å². The number of ether oxygens (including phenoxy) is 1. The van der Waals surface area contributed by atoms with Crippen LogP contribution in [-0.2, 0) is 6.54 Å². The summed E-state index contributed by atoms with van der Waals surface area (Å²) in [6, 6.07) is 8.35. The molecule has 0 atom stereocenters. The van der Waals surface area contributed by atoms with E-state index in [1.807, 2.05) is 23.1 Å². The van der Waals surface area contributed by atoms with Crippen molar-refractivity contribution in [3.8, 4) is 5.75 Å². The molecule has 1 heterocycles. The summed E-state index contributed by atoms with van der Waals surface area (Å²) in [5.74, 6) is 1.67. The van der Waals surface area contributed by atoms with E-state index >= 15 is 0 Å². The van der Waals surface area contributed by atoms with Gasteiger partial charge in [0.15, 0.2) is 5.96 Å². The van der Waals surface area contributed by atoms with Crippen molar-refractivity contribution in [1.29, 1.82) is 0 Å². The van der Waals surface area contributed by atoms with Crippen LogP contribution in [0.3, 0.4) is 0 Å². The fourth-order valence-electron chi connectivity index (χ4n) is 3.46. The highest BCUT2D eigenvalue weighted by atomic mass is 19.3. The number of hydrogen-bond acceptors (Lipinski definition) is 3. The molecular weight excluding hydrogens is 350 g/mol. The fraction of sp³-hybridized carbons (Fsp3) is 0.650. The normalized spacial score (nSPS) is 19.8. The van der Waals surface area contributed by atoms with Crippen LogP contribution >= 0.6 is 0 Å². The maximum atomic E-state index is 12.5. The zero-order chi connectivity index (χ0) is 19.1. The van der Waals surface area contributed by atoms with E-state index in [1.54, 1.807) is 7.05 Å². The van der Waals surface area contributed by atoms with E-state index in [4.69, 9.17) is 4.74 Å². The predicted molar refractivity (Wildman–Crippen MR) is 104 cm³/mol. The van der Waals surface area contributed by atoms with Gasteiger partial charge in [-0.1, -0.05) is 18.2 Å². The lowest BCUT2D eigenvalue weighted by Crippen LogP contribution is -2.49. The van der Waals surface area contributed by atoms with Crippen LogP contribution in [0.5, 0.6) is 5.75 Å². The molecule has 0 aromatic heterocycles. The number of nitrogens with zero attached hydrogens (tertiary/aromatic N) is 2. The Hall–Kier alpha value is -1.89. The van der Waals surface area contributed by atoms with Gasteiger partial charge in [-0.05, 0) is 38.2 Å². The van der Waals surface area contributed by atoms with Crippen LogP contribution in [0, 0.1) is 0 Å². The lowest BCUT2D eigenvalue weighted by Gasteiger charge is -2.32. The van der Waals surface area contributed by atoms with Crippen molar-refractivity contribution in [2.24, 2.45) is 4.99 Å². The minimum atomic E-state index is -2.26. The lowest BCUT2D eigenvalue weighted by atomic mass is 9.96. The topological polar surface area (TPSA) is 48.9 Å². The highest BCUT2D eigenvalue weighted by molar-refractivity contribution is 5.80. The Morgan fingerprint density at radius 2 is 1.96 bits per heavy atom. The van der Waals surface area contributed by atoms with E-state index in [2.05, 4.69) is 21.7 Å². The van der Waals surface area contributed by atoms with E-state index in [0.717, 1.165) is 43.0 Å². The summed E-state index contributed by atoms with van der Waals surface area (Å²) in [6.07, 6.45) is 3.29. The number of benzene rings is 1. The van der Waals surface area contributed by atoms with Gasteiger partial charge in [0.1, 0.15) is 5.75 Å². The van der Waals surface area contributed by atoms with Crippen LogP contribution in [0.2, 0.25) is 0 Å². The fourth-order valence-corrected chi connectivity index (χ4v) is 3.46. The largest absolute Gasteiger partial charge is 0.490 e. The van der Waals surface area contributed by atoms with Crippen LogP contribution in [0.15, 0.2) is 29.3 Å². The van der Waals surface area contributed by atoms with Crippen LogP contribution in [0.25, 0.3) is 0 Å². The maximum Gasteiger partial charge on any atom is 0.251 e. The number of hydrogen-bond donors (Lipinski definition) is 2. The summed E-state index contributed by atoms with van der Waals surface area (Å²) >= 11 is 0. The maximum absolute atomic E-state index is 12.5. The van der Waals surface area contributed by atoms with E-state index in [1.165, 1.54) is 6.42 Å². The molecule has 0 spiro atoms. The second-order valence-electron chi connectivity index (χ2n) is 7.31. The first-order chi connectivity index (χ1) is 13.1. The first-order valence-electron chi connectivity index (χ1n) is 9.86. The minimum Gasteiger partial charge on any atom is -0.490 e. The van der Waals surface area contributed by atoms with Crippen molar-refractivity contribution in [2.45, 2.75) is 57.2 Å². The molecule has 0 amide bonds. The van der Waals surface area contributed by atoms with E-state index in [0.29, 0.717) is 25.7 Å². The second kappa shape index (κ2) is 9.88. The van der Waals surface area contributed by atoms with Crippen LogP contribution in [-0.4, -0.2) is 56.1 Å². The molecular formula is C20H30F2N4O. The summed E-state index contributed by atoms with van der Waals surface area (Å²) in [7, 11) is 1.75. The van der Waals surface area contributed by atoms with Crippen LogP contribution in [0.4, 0.5) is 8.78 Å². The summed E-state index contributed by atoms with van der Waals surface area (Å²) in [6.45, 7) is 1.89. The molecule has 7 heteroatoms. The first-order valence-corrected chi connectivity index (χ1v) is 9.86. The number of piperidine rings is 1. The summed E-state index contributed by atoms with van der Waals surface area (Å²) in [4.78, 5) is 6.13. The number of guanidine groups is 1. The Morgan fingerprint density at radius 1 is 1.22 bits per heavy atom. The molecule has 1 aromatic carbocycles. The second-order valence-corrected chi connectivity index (χ2v) is 7.31. The van der Waals surface area contributed by atoms with Crippen molar-refractivity contribution in [1.82, 2.24) is 15.5 Å². The monoisotopic (exact) mass is 380 g/mol. The molecule has 0 radical (unpaired) electrons. The molecule has 150 valence electrons. The third-order valence-corrected chi connectivity index (χ3v) is 5.31. The number of likely N-dealkylation sites (tertiary alicyclic amines) is 1. The van der Waals surface area contributed by atoms with E-state index in [-0.39, 0.29) is 12.6 Å². The molecule has 5 nitrogen and oxygen atoms in total. The Balaban J connectivity index is 1.46. The molecule has 1 saturated heterocycles. The van der Waals surface area contributed by atoms with Crippen molar-refractivity contribution in [3.05, 3.63) is 29.8 Å². The van der Waals surface area contributed by atoms with Crippen molar-refractivity contribution in [2.75, 3.05) is 26.7 Å². The summed E-state index contributed by atoms with van der Waals surface area (Å²) in [5.41, 5.74) is 1.11. The standard InChI is InChI=1S/C20H30F2N4O/c1-23-20(25-16-9-11-26(12-10-16)14-19(21)22)24-13-15-5-2-3-8-18(15)27-17-6-4-7-17/h2-3,5,8,16-17,19H,4,6-7,9-14H2,1H3,(H2,23,24,25). The SMILES string of the molecule is CN=C(NCc1ccccc1OC1CCC1)NC1CCN(CC(F)F)CC1. The number of rotatable bonds is 7.